The molecule has 0 aliphatic rings. The first-order chi connectivity index (χ1) is 9.99. The lowest BCUT2D eigenvalue weighted by Crippen LogP contribution is -2.43. The smallest absolute Gasteiger partial charge is 0.320 e. The second-order valence-corrected chi connectivity index (χ2v) is 5.20. The molecule has 1 aromatic carbocycles. The van der Waals surface area contributed by atoms with Gasteiger partial charge in [0.25, 0.3) is 5.91 Å². The molecule has 1 amide bonds. The van der Waals surface area contributed by atoms with Crippen LogP contribution in [0.1, 0.15) is 25.8 Å². The number of hydroxylamine groups is 1. The second kappa shape index (κ2) is 9.10. The zero-order valence-corrected chi connectivity index (χ0v) is 12.3. The predicted molar refractivity (Wildman–Crippen MR) is 78.3 cm³/mol. The summed E-state index contributed by atoms with van der Waals surface area (Å²) in [7, 11) is 0. The minimum Gasteiger partial charge on any atom is -0.480 e. The Bertz CT molecular complexity index is 448. The molecule has 0 radical (unpaired) electrons. The summed E-state index contributed by atoms with van der Waals surface area (Å²) in [5.74, 6) is -1.13. The van der Waals surface area contributed by atoms with Crippen molar-refractivity contribution in [3.05, 3.63) is 35.9 Å². The van der Waals surface area contributed by atoms with Gasteiger partial charge in [-0.1, -0.05) is 44.2 Å². The molecule has 3 N–H and O–H groups in total. The maximum absolute atomic E-state index is 11.6. The standard InChI is InChI=1S/C15H22N2O4/c1-11(2)8-13(15(19)20)16-9-14(18)17-21-10-12-6-4-3-5-7-12/h3-7,11,13,16H,8-10H2,1-2H3,(H,17,18)(H,19,20). The van der Waals surface area contributed by atoms with Gasteiger partial charge >= 0.3 is 5.97 Å². The third-order valence-electron chi connectivity index (χ3n) is 2.78. The van der Waals surface area contributed by atoms with E-state index in [4.69, 9.17) is 9.94 Å². The van der Waals surface area contributed by atoms with Gasteiger partial charge in [-0.05, 0) is 17.9 Å². The Balaban J connectivity index is 2.25. The van der Waals surface area contributed by atoms with E-state index < -0.39 is 17.9 Å². The van der Waals surface area contributed by atoms with E-state index >= 15 is 0 Å². The highest BCUT2D eigenvalue weighted by Crippen LogP contribution is 2.04. The fourth-order valence-corrected chi connectivity index (χ4v) is 1.77. The monoisotopic (exact) mass is 294 g/mol. The number of benzene rings is 1. The number of hydrogen-bond acceptors (Lipinski definition) is 4. The van der Waals surface area contributed by atoms with E-state index in [9.17, 15) is 9.59 Å². The highest BCUT2D eigenvalue weighted by atomic mass is 16.6. The lowest BCUT2D eigenvalue weighted by atomic mass is 10.0. The molecule has 1 atom stereocenters. The Kier molecular flexibility index (Phi) is 7.42. The van der Waals surface area contributed by atoms with Crippen molar-refractivity contribution >= 4 is 11.9 Å². The number of rotatable bonds is 9. The van der Waals surface area contributed by atoms with E-state index in [0.29, 0.717) is 6.42 Å². The average Bonchev–Trinajstić information content (AvgIpc) is 2.44. The quantitative estimate of drug-likeness (QED) is 0.598. The maximum atomic E-state index is 11.6. The Morgan fingerprint density at radius 2 is 1.90 bits per heavy atom. The molecule has 0 spiro atoms. The predicted octanol–water partition coefficient (Wildman–Crippen LogP) is 1.32. The van der Waals surface area contributed by atoms with E-state index in [1.165, 1.54) is 0 Å². The fraction of sp³-hybridized carbons (Fsp3) is 0.467. The number of carbonyl (C=O) groups excluding carboxylic acids is 1. The number of nitrogens with one attached hydrogen (secondary N) is 2. The zero-order chi connectivity index (χ0) is 15.7. The van der Waals surface area contributed by atoms with Crippen molar-refractivity contribution in [1.82, 2.24) is 10.8 Å². The van der Waals surface area contributed by atoms with Crippen LogP contribution in [0.5, 0.6) is 0 Å². The van der Waals surface area contributed by atoms with Crippen LogP contribution in [0.4, 0.5) is 0 Å². The van der Waals surface area contributed by atoms with Crippen LogP contribution in [-0.2, 0) is 21.0 Å². The number of hydrogen-bond donors (Lipinski definition) is 3. The average molecular weight is 294 g/mol. The van der Waals surface area contributed by atoms with E-state index in [1.807, 2.05) is 44.2 Å². The Morgan fingerprint density at radius 1 is 1.24 bits per heavy atom. The highest BCUT2D eigenvalue weighted by molar-refractivity contribution is 5.79. The summed E-state index contributed by atoms with van der Waals surface area (Å²) in [5, 5.41) is 11.7. The third-order valence-corrected chi connectivity index (χ3v) is 2.78. The molecule has 0 fully saturated rings. The number of carboxylic acids is 1. The van der Waals surface area contributed by atoms with E-state index in [0.717, 1.165) is 5.56 Å². The van der Waals surface area contributed by atoms with Gasteiger partial charge in [-0.25, -0.2) is 5.48 Å². The SMILES string of the molecule is CC(C)CC(NCC(=O)NOCc1ccccc1)C(=O)O. The number of carbonyl (C=O) groups is 2. The molecule has 0 bridgehead atoms. The molecule has 6 nitrogen and oxygen atoms in total. The Hall–Kier alpha value is -1.92. The first-order valence-electron chi connectivity index (χ1n) is 6.89. The zero-order valence-electron chi connectivity index (χ0n) is 12.3. The van der Waals surface area contributed by atoms with Crippen molar-refractivity contribution in [3.63, 3.8) is 0 Å². The van der Waals surface area contributed by atoms with Gasteiger partial charge in [-0.3, -0.25) is 19.7 Å². The van der Waals surface area contributed by atoms with Crippen LogP contribution in [0.25, 0.3) is 0 Å². The van der Waals surface area contributed by atoms with Crippen LogP contribution in [0.3, 0.4) is 0 Å². The largest absolute Gasteiger partial charge is 0.480 e. The second-order valence-electron chi connectivity index (χ2n) is 5.20. The molecule has 0 heterocycles. The van der Waals surface area contributed by atoms with Gasteiger partial charge in [0.2, 0.25) is 0 Å². The summed E-state index contributed by atoms with van der Waals surface area (Å²) in [6.45, 7) is 4.03. The van der Waals surface area contributed by atoms with E-state index in [2.05, 4.69) is 10.8 Å². The number of carboxylic acid groups (broad SMARTS) is 1. The van der Waals surface area contributed by atoms with Gasteiger partial charge in [0, 0.05) is 0 Å². The topological polar surface area (TPSA) is 87.7 Å². The first kappa shape index (κ1) is 17.1. The molecule has 116 valence electrons. The molecule has 0 saturated carbocycles. The fourth-order valence-electron chi connectivity index (χ4n) is 1.77. The van der Waals surface area contributed by atoms with Crippen molar-refractivity contribution in [2.24, 2.45) is 5.92 Å². The van der Waals surface area contributed by atoms with Crippen molar-refractivity contribution in [2.75, 3.05) is 6.54 Å². The van der Waals surface area contributed by atoms with E-state index in [-0.39, 0.29) is 19.1 Å². The van der Waals surface area contributed by atoms with Crippen LogP contribution in [0, 0.1) is 5.92 Å². The minimum absolute atomic E-state index is 0.0987. The van der Waals surface area contributed by atoms with Crippen molar-refractivity contribution in [2.45, 2.75) is 32.9 Å². The van der Waals surface area contributed by atoms with Crippen molar-refractivity contribution < 1.29 is 19.5 Å². The highest BCUT2D eigenvalue weighted by Gasteiger charge is 2.19. The van der Waals surface area contributed by atoms with Crippen molar-refractivity contribution in [3.8, 4) is 0 Å². The number of amides is 1. The molecule has 6 heteroatoms. The Labute approximate surface area is 124 Å². The molecule has 1 unspecified atom stereocenters. The molecule has 0 saturated heterocycles. The van der Waals surface area contributed by atoms with Gasteiger partial charge in [0.1, 0.15) is 6.04 Å². The summed E-state index contributed by atoms with van der Waals surface area (Å²) >= 11 is 0. The number of aliphatic carboxylic acids is 1. The molecule has 0 aromatic heterocycles. The molecular weight excluding hydrogens is 272 g/mol. The molecule has 21 heavy (non-hydrogen) atoms. The van der Waals surface area contributed by atoms with Gasteiger partial charge in [-0.2, -0.15) is 0 Å². The van der Waals surface area contributed by atoms with Crippen LogP contribution in [-0.4, -0.2) is 29.6 Å². The van der Waals surface area contributed by atoms with Gasteiger partial charge in [0.05, 0.1) is 13.2 Å². The molecule has 1 rings (SSSR count). The minimum atomic E-state index is -0.957. The first-order valence-corrected chi connectivity index (χ1v) is 6.89. The normalized spacial score (nSPS) is 12.1. The molecule has 0 aliphatic carbocycles. The Morgan fingerprint density at radius 3 is 2.48 bits per heavy atom. The third kappa shape index (κ3) is 7.43. The summed E-state index contributed by atoms with van der Waals surface area (Å²) in [6.07, 6.45) is 0.466. The van der Waals surface area contributed by atoms with Crippen molar-refractivity contribution in [1.29, 1.82) is 0 Å². The van der Waals surface area contributed by atoms with Crippen LogP contribution < -0.4 is 10.8 Å². The maximum Gasteiger partial charge on any atom is 0.320 e. The van der Waals surface area contributed by atoms with E-state index in [1.54, 1.807) is 0 Å². The molecule has 0 aliphatic heterocycles. The van der Waals surface area contributed by atoms with Crippen LogP contribution >= 0.6 is 0 Å². The summed E-state index contributed by atoms with van der Waals surface area (Å²) < 4.78 is 0. The lowest BCUT2D eigenvalue weighted by Gasteiger charge is -2.16. The van der Waals surface area contributed by atoms with Crippen LogP contribution in [0.2, 0.25) is 0 Å². The molecular formula is C15H22N2O4. The van der Waals surface area contributed by atoms with Crippen LogP contribution in [0.15, 0.2) is 30.3 Å². The summed E-state index contributed by atoms with van der Waals surface area (Å²) in [6, 6.07) is 8.69. The van der Waals surface area contributed by atoms with Gasteiger partial charge in [0.15, 0.2) is 0 Å². The van der Waals surface area contributed by atoms with Gasteiger partial charge < -0.3 is 5.11 Å². The lowest BCUT2D eigenvalue weighted by molar-refractivity contribution is -0.140. The summed E-state index contributed by atoms with van der Waals surface area (Å²) in [4.78, 5) is 27.6. The molecule has 1 aromatic rings. The summed E-state index contributed by atoms with van der Waals surface area (Å²) in [5.41, 5.74) is 3.22. The van der Waals surface area contributed by atoms with Gasteiger partial charge in [-0.15, -0.1) is 0 Å².